The van der Waals surface area contributed by atoms with Gasteiger partial charge in [0.15, 0.2) is 0 Å². The van der Waals surface area contributed by atoms with Crippen LogP contribution in [0.1, 0.15) is 67.8 Å². The SMILES string of the molecule is CCCCC[C@@H](O)CCCN1CCC(=O)N1CCc1ccc(C(=O)OC)cc1. The number of aliphatic hydroxyl groups is 1. The number of benzene rings is 1. The summed E-state index contributed by atoms with van der Waals surface area (Å²) in [6.45, 7) is 4.36. The molecule has 1 aromatic carbocycles. The van der Waals surface area contributed by atoms with Crippen molar-refractivity contribution in [2.24, 2.45) is 0 Å². The molecule has 1 aliphatic rings. The highest BCUT2D eigenvalue weighted by Gasteiger charge is 2.28. The van der Waals surface area contributed by atoms with Crippen LogP contribution < -0.4 is 0 Å². The number of carbonyl (C=O) groups is 2. The van der Waals surface area contributed by atoms with Crippen LogP contribution in [-0.4, -0.2) is 59.8 Å². The Kier molecular flexibility index (Phi) is 9.44. The minimum absolute atomic E-state index is 0.162. The predicted molar refractivity (Wildman–Crippen MR) is 109 cm³/mol. The summed E-state index contributed by atoms with van der Waals surface area (Å²) < 4.78 is 4.71. The average molecular weight is 391 g/mol. The summed E-state index contributed by atoms with van der Waals surface area (Å²) in [6.07, 6.45) is 7.05. The van der Waals surface area contributed by atoms with Gasteiger partial charge in [-0.05, 0) is 43.4 Å². The molecule has 1 amide bonds. The maximum absolute atomic E-state index is 12.2. The predicted octanol–water partition coefficient (Wildman–Crippen LogP) is 3.19. The van der Waals surface area contributed by atoms with Crippen molar-refractivity contribution >= 4 is 11.9 Å². The Labute approximate surface area is 168 Å². The van der Waals surface area contributed by atoms with E-state index < -0.39 is 0 Å². The molecule has 1 fully saturated rings. The fraction of sp³-hybridized carbons (Fsp3) is 0.636. The number of methoxy groups -OCH3 is 1. The zero-order chi connectivity index (χ0) is 20.4. The van der Waals surface area contributed by atoms with Gasteiger partial charge >= 0.3 is 5.97 Å². The Morgan fingerprint density at radius 1 is 1.14 bits per heavy atom. The molecule has 6 heteroatoms. The molecular weight excluding hydrogens is 356 g/mol. The number of nitrogens with zero attached hydrogens (tertiary/aromatic N) is 2. The number of hydrazine groups is 1. The molecule has 1 saturated heterocycles. The number of hydrogen-bond donors (Lipinski definition) is 1. The molecule has 0 radical (unpaired) electrons. The van der Waals surface area contributed by atoms with Gasteiger partial charge in [0.2, 0.25) is 5.91 Å². The Morgan fingerprint density at radius 2 is 1.86 bits per heavy atom. The lowest BCUT2D eigenvalue weighted by atomic mass is 10.1. The first-order valence-electron chi connectivity index (χ1n) is 10.5. The Hall–Kier alpha value is -1.92. The first kappa shape index (κ1) is 22.4. The van der Waals surface area contributed by atoms with E-state index in [1.165, 1.54) is 20.0 Å². The zero-order valence-electron chi connectivity index (χ0n) is 17.2. The lowest BCUT2D eigenvalue weighted by Crippen LogP contribution is -2.41. The normalized spacial score (nSPS) is 15.8. The molecule has 0 unspecified atom stereocenters. The van der Waals surface area contributed by atoms with Gasteiger partial charge in [-0.3, -0.25) is 9.80 Å². The average Bonchev–Trinajstić information content (AvgIpc) is 3.06. The highest BCUT2D eigenvalue weighted by atomic mass is 16.5. The summed E-state index contributed by atoms with van der Waals surface area (Å²) in [7, 11) is 1.37. The van der Waals surface area contributed by atoms with Crippen molar-refractivity contribution in [1.82, 2.24) is 10.0 Å². The van der Waals surface area contributed by atoms with Crippen molar-refractivity contribution in [2.45, 2.75) is 64.4 Å². The Morgan fingerprint density at radius 3 is 2.54 bits per heavy atom. The highest BCUT2D eigenvalue weighted by molar-refractivity contribution is 5.89. The maximum atomic E-state index is 12.2. The van der Waals surface area contributed by atoms with E-state index in [-0.39, 0.29) is 18.0 Å². The van der Waals surface area contributed by atoms with E-state index in [9.17, 15) is 14.7 Å². The molecule has 1 heterocycles. The molecule has 0 aromatic heterocycles. The summed E-state index contributed by atoms with van der Waals surface area (Å²) in [4.78, 5) is 23.7. The second-order valence-corrected chi connectivity index (χ2v) is 7.45. The van der Waals surface area contributed by atoms with Crippen LogP contribution in [0.15, 0.2) is 24.3 Å². The standard InChI is InChI=1S/C22H34N2O4/c1-3-4-5-7-20(25)8-6-15-23-16-14-21(26)24(23)17-13-18-9-11-19(12-10-18)22(27)28-2/h9-12,20,25H,3-8,13-17H2,1-2H3/t20-/m1/s1. The number of aliphatic hydroxyl groups excluding tert-OH is 1. The van der Waals surface area contributed by atoms with Crippen LogP contribution in [0.5, 0.6) is 0 Å². The van der Waals surface area contributed by atoms with Crippen molar-refractivity contribution in [3.05, 3.63) is 35.4 Å². The van der Waals surface area contributed by atoms with Crippen LogP contribution in [0, 0.1) is 0 Å². The lowest BCUT2D eigenvalue weighted by molar-refractivity contribution is -0.138. The summed E-state index contributed by atoms with van der Waals surface area (Å²) >= 11 is 0. The quantitative estimate of drug-likeness (QED) is 0.438. The van der Waals surface area contributed by atoms with Crippen molar-refractivity contribution < 1.29 is 19.4 Å². The maximum Gasteiger partial charge on any atom is 0.337 e. The largest absolute Gasteiger partial charge is 0.465 e. The van der Waals surface area contributed by atoms with Crippen molar-refractivity contribution in [1.29, 1.82) is 0 Å². The van der Waals surface area contributed by atoms with Gasteiger partial charge in [-0.1, -0.05) is 38.3 Å². The van der Waals surface area contributed by atoms with Gasteiger partial charge < -0.3 is 9.84 Å². The molecule has 28 heavy (non-hydrogen) atoms. The Balaban J connectivity index is 1.76. The summed E-state index contributed by atoms with van der Waals surface area (Å²) in [5, 5.41) is 14.0. The highest BCUT2D eigenvalue weighted by Crippen LogP contribution is 2.16. The Bertz CT molecular complexity index is 617. The van der Waals surface area contributed by atoms with Crippen LogP contribution in [0.25, 0.3) is 0 Å². The molecule has 0 bridgehead atoms. The van der Waals surface area contributed by atoms with Gasteiger partial charge in [0, 0.05) is 26.1 Å². The van der Waals surface area contributed by atoms with Gasteiger partial charge in [0.1, 0.15) is 0 Å². The molecule has 6 nitrogen and oxygen atoms in total. The number of amides is 1. The number of carbonyl (C=O) groups excluding carboxylic acids is 2. The van der Waals surface area contributed by atoms with E-state index in [0.29, 0.717) is 18.5 Å². The molecule has 0 saturated carbocycles. The second kappa shape index (κ2) is 11.8. The van der Waals surface area contributed by atoms with Crippen LogP contribution in [0.3, 0.4) is 0 Å². The number of ether oxygens (including phenoxy) is 1. The van der Waals surface area contributed by atoms with Gasteiger partial charge in [0.05, 0.1) is 18.8 Å². The van der Waals surface area contributed by atoms with Crippen molar-refractivity contribution in [2.75, 3.05) is 26.7 Å². The number of esters is 1. The van der Waals surface area contributed by atoms with Crippen LogP contribution >= 0.6 is 0 Å². The smallest absolute Gasteiger partial charge is 0.337 e. The zero-order valence-corrected chi connectivity index (χ0v) is 17.2. The molecule has 156 valence electrons. The van der Waals surface area contributed by atoms with Gasteiger partial charge in [-0.2, -0.15) is 0 Å². The number of hydrogen-bond acceptors (Lipinski definition) is 5. The van der Waals surface area contributed by atoms with Crippen LogP contribution in [0.2, 0.25) is 0 Å². The molecule has 1 aromatic rings. The molecule has 1 atom stereocenters. The van der Waals surface area contributed by atoms with E-state index in [1.54, 1.807) is 12.1 Å². The minimum atomic E-state index is -0.343. The lowest BCUT2D eigenvalue weighted by Gasteiger charge is -2.28. The first-order chi connectivity index (χ1) is 13.5. The summed E-state index contributed by atoms with van der Waals surface area (Å²) in [5.74, 6) is -0.181. The van der Waals surface area contributed by atoms with Gasteiger partial charge in [-0.15, -0.1) is 0 Å². The topological polar surface area (TPSA) is 70.1 Å². The molecule has 0 aliphatic carbocycles. The van der Waals surface area contributed by atoms with Gasteiger partial charge in [0.25, 0.3) is 0 Å². The van der Waals surface area contributed by atoms with E-state index in [2.05, 4.69) is 11.9 Å². The van der Waals surface area contributed by atoms with E-state index in [1.807, 2.05) is 17.1 Å². The van der Waals surface area contributed by atoms with Crippen molar-refractivity contribution in [3.63, 3.8) is 0 Å². The summed E-state index contributed by atoms with van der Waals surface area (Å²) in [5.41, 5.74) is 1.61. The summed E-state index contributed by atoms with van der Waals surface area (Å²) in [6, 6.07) is 7.32. The third kappa shape index (κ3) is 6.91. The molecule has 1 aliphatic heterocycles. The van der Waals surface area contributed by atoms with E-state index in [4.69, 9.17) is 4.74 Å². The second-order valence-electron chi connectivity index (χ2n) is 7.45. The van der Waals surface area contributed by atoms with Crippen LogP contribution in [-0.2, 0) is 16.0 Å². The number of unbranched alkanes of at least 4 members (excludes halogenated alkanes) is 2. The molecule has 1 N–H and O–H groups in total. The fourth-order valence-electron chi connectivity index (χ4n) is 3.57. The third-order valence-electron chi connectivity index (χ3n) is 5.29. The van der Waals surface area contributed by atoms with Crippen molar-refractivity contribution in [3.8, 4) is 0 Å². The first-order valence-corrected chi connectivity index (χ1v) is 10.5. The van der Waals surface area contributed by atoms with Crippen LogP contribution in [0.4, 0.5) is 0 Å². The molecule has 2 rings (SSSR count). The minimum Gasteiger partial charge on any atom is -0.465 e. The fourth-order valence-corrected chi connectivity index (χ4v) is 3.57. The van der Waals surface area contributed by atoms with Gasteiger partial charge in [-0.25, -0.2) is 9.80 Å². The number of rotatable bonds is 12. The monoisotopic (exact) mass is 390 g/mol. The van der Waals surface area contributed by atoms with E-state index in [0.717, 1.165) is 50.8 Å². The van der Waals surface area contributed by atoms with E-state index >= 15 is 0 Å². The third-order valence-corrected chi connectivity index (χ3v) is 5.29. The molecular formula is C22H34N2O4. The molecule has 0 spiro atoms.